The summed E-state index contributed by atoms with van der Waals surface area (Å²) in [6.45, 7) is 3.24. The summed E-state index contributed by atoms with van der Waals surface area (Å²) < 4.78 is 1.23. The van der Waals surface area contributed by atoms with E-state index in [2.05, 4.69) is 29.4 Å². The number of halogens is 1. The van der Waals surface area contributed by atoms with Gasteiger partial charge in [0.05, 0.1) is 10.2 Å². The third-order valence-electron chi connectivity index (χ3n) is 5.11. The van der Waals surface area contributed by atoms with Crippen molar-refractivity contribution in [3.8, 4) is 0 Å². The number of hydrogen-bond acceptors (Lipinski definition) is 6. The van der Waals surface area contributed by atoms with Crippen molar-refractivity contribution in [1.82, 2.24) is 9.88 Å². The molecule has 8 heteroatoms. The number of carbonyl (C=O) groups is 1. The van der Waals surface area contributed by atoms with Crippen LogP contribution in [0, 0.1) is 0 Å². The van der Waals surface area contributed by atoms with Gasteiger partial charge in [-0.05, 0) is 54.8 Å². The summed E-state index contributed by atoms with van der Waals surface area (Å²) in [4.78, 5) is 24.2. The number of thioether (sulfide) groups is 2. The molecule has 2 aromatic carbocycles. The number of hydrogen-bond donors (Lipinski definition) is 0. The molecule has 3 aromatic rings. The van der Waals surface area contributed by atoms with Gasteiger partial charge in [0.25, 0.3) is 0 Å². The third-order valence-corrected chi connectivity index (χ3v) is 8.31. The van der Waals surface area contributed by atoms with E-state index in [4.69, 9.17) is 16.6 Å². The number of amides is 1. The monoisotopic (exact) mass is 477 g/mol. The summed E-state index contributed by atoms with van der Waals surface area (Å²) in [6, 6.07) is 14.2. The Kier molecular flexibility index (Phi) is 7.46. The molecule has 1 saturated heterocycles. The van der Waals surface area contributed by atoms with Crippen molar-refractivity contribution >= 4 is 67.7 Å². The van der Waals surface area contributed by atoms with Crippen molar-refractivity contribution in [2.24, 2.45) is 0 Å². The quantitative estimate of drug-likeness (QED) is 0.313. The fourth-order valence-corrected chi connectivity index (χ4v) is 6.11. The first kappa shape index (κ1) is 21.8. The van der Waals surface area contributed by atoms with E-state index in [9.17, 15) is 4.79 Å². The van der Waals surface area contributed by atoms with Crippen LogP contribution in [-0.2, 0) is 4.79 Å². The summed E-state index contributed by atoms with van der Waals surface area (Å²) in [5.41, 5.74) is 1.10. The number of para-hydroxylation sites is 1. The highest BCUT2D eigenvalue weighted by Crippen LogP contribution is 2.34. The Hall–Kier alpha value is -1.41. The van der Waals surface area contributed by atoms with E-state index >= 15 is 0 Å². The summed E-state index contributed by atoms with van der Waals surface area (Å²) in [5.74, 6) is 1.21. The number of aromatic nitrogens is 1. The predicted octanol–water partition coefficient (Wildman–Crippen LogP) is 5.89. The summed E-state index contributed by atoms with van der Waals surface area (Å²) >= 11 is 11.2. The highest BCUT2D eigenvalue weighted by Gasteiger charge is 2.23. The molecule has 30 heavy (non-hydrogen) atoms. The molecular weight excluding hydrogens is 454 g/mol. The van der Waals surface area contributed by atoms with Crippen LogP contribution in [-0.4, -0.2) is 54.0 Å². The van der Waals surface area contributed by atoms with E-state index in [1.165, 1.54) is 14.5 Å². The molecule has 0 bridgehead atoms. The molecule has 0 spiro atoms. The number of fused-ring (bicyclic) bond motifs is 1. The van der Waals surface area contributed by atoms with Crippen molar-refractivity contribution in [1.29, 1.82) is 0 Å². The minimum Gasteiger partial charge on any atom is -0.345 e. The number of thiazole rings is 1. The first-order valence-electron chi connectivity index (χ1n) is 9.98. The maximum atomic E-state index is 12.6. The minimum atomic E-state index is 0.264. The van der Waals surface area contributed by atoms with Gasteiger partial charge in [-0.3, -0.25) is 4.79 Å². The minimum absolute atomic E-state index is 0.264. The second kappa shape index (κ2) is 10.3. The van der Waals surface area contributed by atoms with Crippen LogP contribution in [0.5, 0.6) is 0 Å². The number of piperazine rings is 1. The van der Waals surface area contributed by atoms with E-state index < -0.39 is 0 Å². The Morgan fingerprint density at radius 1 is 1.13 bits per heavy atom. The Morgan fingerprint density at radius 2 is 1.90 bits per heavy atom. The zero-order chi connectivity index (χ0) is 20.9. The second-order valence-corrected chi connectivity index (χ2v) is 10.5. The SMILES string of the molecule is CSc1cccc2sc(N3CCN(C(=O)CCCSc4ccc(Cl)cc4)CC3)nc12. The Labute approximate surface area is 195 Å². The molecule has 1 aliphatic rings. The van der Waals surface area contributed by atoms with Crippen LogP contribution in [0.1, 0.15) is 12.8 Å². The van der Waals surface area contributed by atoms with Gasteiger partial charge in [-0.25, -0.2) is 4.98 Å². The van der Waals surface area contributed by atoms with Gasteiger partial charge in [0.1, 0.15) is 0 Å². The van der Waals surface area contributed by atoms with Gasteiger partial charge in [-0.1, -0.05) is 29.0 Å². The summed E-state index contributed by atoms with van der Waals surface area (Å²) in [6.07, 6.45) is 3.59. The van der Waals surface area contributed by atoms with Gasteiger partial charge in [0.15, 0.2) is 5.13 Å². The van der Waals surface area contributed by atoms with Gasteiger partial charge in [-0.15, -0.1) is 23.5 Å². The Balaban J connectivity index is 1.24. The Morgan fingerprint density at radius 3 is 2.63 bits per heavy atom. The lowest BCUT2D eigenvalue weighted by Crippen LogP contribution is -2.48. The average Bonchev–Trinajstić information content (AvgIpc) is 3.22. The topological polar surface area (TPSA) is 36.4 Å². The van der Waals surface area contributed by atoms with Crippen molar-refractivity contribution in [2.75, 3.05) is 43.1 Å². The highest BCUT2D eigenvalue weighted by atomic mass is 35.5. The molecule has 4 nitrogen and oxygen atoms in total. The summed E-state index contributed by atoms with van der Waals surface area (Å²) in [7, 11) is 0. The zero-order valence-electron chi connectivity index (χ0n) is 16.8. The van der Waals surface area contributed by atoms with Crippen LogP contribution >= 0.6 is 46.5 Å². The molecule has 1 amide bonds. The largest absolute Gasteiger partial charge is 0.345 e. The van der Waals surface area contributed by atoms with Gasteiger partial charge in [-0.2, -0.15) is 0 Å². The van der Waals surface area contributed by atoms with Crippen molar-refractivity contribution in [3.63, 3.8) is 0 Å². The van der Waals surface area contributed by atoms with Crippen LogP contribution < -0.4 is 4.90 Å². The molecule has 158 valence electrons. The molecule has 0 aliphatic carbocycles. The number of carbonyl (C=O) groups excluding carboxylic acids is 1. The molecular formula is C22H24ClN3OS3. The first-order chi connectivity index (χ1) is 14.6. The average molecular weight is 478 g/mol. The van der Waals surface area contributed by atoms with E-state index in [0.29, 0.717) is 6.42 Å². The summed E-state index contributed by atoms with van der Waals surface area (Å²) in [5, 5.41) is 1.82. The van der Waals surface area contributed by atoms with Gasteiger partial charge in [0, 0.05) is 47.4 Å². The van der Waals surface area contributed by atoms with Gasteiger partial charge >= 0.3 is 0 Å². The van der Waals surface area contributed by atoms with Crippen molar-refractivity contribution < 1.29 is 4.79 Å². The van der Waals surface area contributed by atoms with Crippen LogP contribution in [0.3, 0.4) is 0 Å². The van der Waals surface area contributed by atoms with Gasteiger partial charge < -0.3 is 9.80 Å². The first-order valence-corrected chi connectivity index (χ1v) is 13.4. The van der Waals surface area contributed by atoms with Crippen LogP contribution in [0.25, 0.3) is 10.2 Å². The van der Waals surface area contributed by atoms with E-state index in [1.54, 1.807) is 34.9 Å². The fraction of sp³-hybridized carbons (Fsp3) is 0.364. The van der Waals surface area contributed by atoms with Crippen LogP contribution in [0.15, 0.2) is 52.3 Å². The fourth-order valence-electron chi connectivity index (χ4n) is 3.46. The Bertz CT molecular complexity index is 1000. The molecule has 0 unspecified atom stereocenters. The lowest BCUT2D eigenvalue weighted by molar-refractivity contribution is -0.131. The lowest BCUT2D eigenvalue weighted by atomic mass is 10.2. The maximum absolute atomic E-state index is 12.6. The maximum Gasteiger partial charge on any atom is 0.222 e. The molecule has 1 fully saturated rings. The van der Waals surface area contributed by atoms with E-state index in [1.807, 2.05) is 29.2 Å². The molecule has 0 atom stereocenters. The molecule has 0 saturated carbocycles. The standard InChI is InChI=1S/C22H24ClN3OS3/c1-28-18-4-2-5-19-21(18)24-22(30-19)26-13-11-25(12-14-26)20(27)6-3-15-29-17-9-7-16(23)8-10-17/h2,4-5,7-10H,3,6,11-15H2,1H3. The molecule has 0 N–H and O–H groups in total. The van der Waals surface area contributed by atoms with E-state index in [-0.39, 0.29) is 5.91 Å². The number of rotatable bonds is 7. The van der Waals surface area contributed by atoms with Crippen LogP contribution in [0.2, 0.25) is 5.02 Å². The van der Waals surface area contributed by atoms with Gasteiger partial charge in [0.2, 0.25) is 5.91 Å². The number of nitrogens with zero attached hydrogens (tertiary/aromatic N) is 3. The molecule has 4 rings (SSSR count). The van der Waals surface area contributed by atoms with Crippen LogP contribution in [0.4, 0.5) is 5.13 Å². The van der Waals surface area contributed by atoms with Crippen molar-refractivity contribution in [2.45, 2.75) is 22.6 Å². The molecule has 1 aromatic heterocycles. The van der Waals surface area contributed by atoms with E-state index in [0.717, 1.165) is 54.0 Å². The predicted molar refractivity (Wildman–Crippen MR) is 132 cm³/mol. The normalized spacial score (nSPS) is 14.5. The number of benzene rings is 2. The lowest BCUT2D eigenvalue weighted by Gasteiger charge is -2.34. The third kappa shape index (κ3) is 5.25. The number of anilines is 1. The van der Waals surface area contributed by atoms with Crippen molar-refractivity contribution in [3.05, 3.63) is 47.5 Å². The molecule has 1 aliphatic heterocycles. The second-order valence-electron chi connectivity index (χ2n) is 7.08. The molecule has 0 radical (unpaired) electrons. The zero-order valence-corrected chi connectivity index (χ0v) is 20.0. The molecule has 2 heterocycles. The smallest absolute Gasteiger partial charge is 0.222 e. The highest BCUT2D eigenvalue weighted by molar-refractivity contribution is 7.99.